The number of nitrogens with two attached hydrogens (primary N) is 1. The molecule has 4 N–H and O–H groups in total. The van der Waals surface area contributed by atoms with Gasteiger partial charge in [-0.15, -0.1) is 0 Å². The summed E-state index contributed by atoms with van der Waals surface area (Å²) in [4.78, 5) is 0. The fourth-order valence-electron chi connectivity index (χ4n) is 1.52. The van der Waals surface area contributed by atoms with Crippen LogP contribution in [-0.2, 0) is 0 Å². The topological polar surface area (TPSA) is 66.5 Å². The molecule has 1 aromatic carbocycles. The van der Waals surface area contributed by atoms with Crippen LogP contribution in [0, 0.1) is 0 Å². The highest BCUT2D eigenvalue weighted by Crippen LogP contribution is 2.19. The molecule has 3 heteroatoms. The zero-order chi connectivity index (χ0) is 12.4. The van der Waals surface area contributed by atoms with Crippen LogP contribution in [0.25, 0.3) is 0 Å². The molecular weight excluding hydrogens is 202 g/mol. The summed E-state index contributed by atoms with van der Waals surface area (Å²) in [7, 11) is 1.50. The predicted molar refractivity (Wildman–Crippen MR) is 67.0 cm³/mol. The summed E-state index contributed by atoms with van der Waals surface area (Å²) in [6, 6.07) is 9.46. The second kappa shape index (κ2) is 9.33. The molecule has 0 aliphatic heterocycles. The van der Waals surface area contributed by atoms with Crippen molar-refractivity contribution in [2.45, 2.75) is 38.4 Å². The largest absolute Gasteiger partial charge is 0.393 e. The first-order valence-electron chi connectivity index (χ1n) is 5.72. The molecule has 0 fully saturated rings. The van der Waals surface area contributed by atoms with Crippen LogP contribution in [0.1, 0.15) is 37.9 Å². The molecular formula is C13H23NO2. The average Bonchev–Trinajstić information content (AvgIpc) is 2.33. The van der Waals surface area contributed by atoms with Gasteiger partial charge >= 0.3 is 0 Å². The van der Waals surface area contributed by atoms with E-state index in [1.807, 2.05) is 37.3 Å². The van der Waals surface area contributed by atoms with Crippen molar-refractivity contribution < 1.29 is 10.2 Å². The Balaban J connectivity index is 0.00000106. The molecule has 92 valence electrons. The summed E-state index contributed by atoms with van der Waals surface area (Å²) in [6.07, 6.45) is 1.19. The van der Waals surface area contributed by atoms with Crippen LogP contribution in [0.2, 0.25) is 0 Å². The van der Waals surface area contributed by atoms with Crippen molar-refractivity contribution in [2.75, 3.05) is 7.05 Å². The molecule has 16 heavy (non-hydrogen) atoms. The predicted octanol–water partition coefficient (Wildman–Crippen LogP) is 1.85. The lowest BCUT2D eigenvalue weighted by Gasteiger charge is -2.15. The van der Waals surface area contributed by atoms with E-state index in [2.05, 4.69) is 5.73 Å². The van der Waals surface area contributed by atoms with Gasteiger partial charge in [-0.05, 0) is 19.0 Å². The lowest BCUT2D eigenvalue weighted by atomic mass is 10.0. The van der Waals surface area contributed by atoms with Crippen LogP contribution in [0.15, 0.2) is 30.3 Å². The number of aliphatic hydroxyl groups is 2. The summed E-state index contributed by atoms with van der Waals surface area (Å²) in [5.74, 6) is 0. The lowest BCUT2D eigenvalue weighted by Crippen LogP contribution is -2.11. The second-order valence-electron chi connectivity index (χ2n) is 3.60. The van der Waals surface area contributed by atoms with Gasteiger partial charge < -0.3 is 15.9 Å². The SMILES string of the molecule is CCCC(O)CC(O)c1ccccc1.CN. The Morgan fingerprint density at radius 3 is 2.19 bits per heavy atom. The quantitative estimate of drug-likeness (QED) is 0.716. The Morgan fingerprint density at radius 2 is 1.69 bits per heavy atom. The second-order valence-corrected chi connectivity index (χ2v) is 3.60. The van der Waals surface area contributed by atoms with E-state index in [0.717, 1.165) is 18.4 Å². The van der Waals surface area contributed by atoms with Gasteiger partial charge in [0.2, 0.25) is 0 Å². The Kier molecular flexibility index (Phi) is 8.81. The zero-order valence-corrected chi connectivity index (χ0v) is 10.1. The van der Waals surface area contributed by atoms with Crippen molar-refractivity contribution in [1.29, 1.82) is 0 Å². The van der Waals surface area contributed by atoms with Gasteiger partial charge in [0, 0.05) is 6.42 Å². The summed E-state index contributed by atoms with van der Waals surface area (Å²) < 4.78 is 0. The summed E-state index contributed by atoms with van der Waals surface area (Å²) in [6.45, 7) is 2.03. The molecule has 0 aromatic heterocycles. The first-order chi connectivity index (χ1) is 7.74. The summed E-state index contributed by atoms with van der Waals surface area (Å²) in [5.41, 5.74) is 5.38. The molecule has 0 aliphatic carbocycles. The highest BCUT2D eigenvalue weighted by molar-refractivity contribution is 5.17. The maximum absolute atomic E-state index is 9.76. The molecule has 1 rings (SSSR count). The average molecular weight is 225 g/mol. The first-order valence-corrected chi connectivity index (χ1v) is 5.72. The fraction of sp³-hybridized carbons (Fsp3) is 0.538. The van der Waals surface area contributed by atoms with Crippen LogP contribution in [0.3, 0.4) is 0 Å². The fourth-order valence-corrected chi connectivity index (χ4v) is 1.52. The standard InChI is InChI=1S/C12H18O2.CH5N/c1-2-6-11(13)9-12(14)10-7-4-3-5-8-10;1-2/h3-5,7-8,11-14H,2,6,9H2,1H3;2H2,1H3. The minimum Gasteiger partial charge on any atom is -0.393 e. The Hall–Kier alpha value is -0.900. The Morgan fingerprint density at radius 1 is 1.12 bits per heavy atom. The van der Waals surface area contributed by atoms with Crippen molar-refractivity contribution in [3.05, 3.63) is 35.9 Å². The third-order valence-electron chi connectivity index (χ3n) is 2.30. The molecule has 0 bridgehead atoms. The molecule has 0 radical (unpaired) electrons. The minimum absolute atomic E-state index is 0.393. The van der Waals surface area contributed by atoms with E-state index < -0.39 is 12.2 Å². The molecule has 0 saturated carbocycles. The van der Waals surface area contributed by atoms with Crippen molar-refractivity contribution >= 4 is 0 Å². The maximum Gasteiger partial charge on any atom is 0.0814 e. The molecule has 2 atom stereocenters. The van der Waals surface area contributed by atoms with Gasteiger partial charge in [-0.1, -0.05) is 43.7 Å². The van der Waals surface area contributed by atoms with E-state index >= 15 is 0 Å². The van der Waals surface area contributed by atoms with E-state index in [-0.39, 0.29) is 0 Å². The molecule has 0 aliphatic rings. The Labute approximate surface area is 97.9 Å². The number of hydrogen-bond acceptors (Lipinski definition) is 3. The monoisotopic (exact) mass is 225 g/mol. The van der Waals surface area contributed by atoms with Crippen LogP contribution in [0.4, 0.5) is 0 Å². The minimum atomic E-state index is -0.544. The third-order valence-corrected chi connectivity index (χ3v) is 2.30. The summed E-state index contributed by atoms with van der Waals surface area (Å²) >= 11 is 0. The molecule has 0 saturated heterocycles. The van der Waals surface area contributed by atoms with Crippen molar-refractivity contribution in [3.8, 4) is 0 Å². The highest BCUT2D eigenvalue weighted by Gasteiger charge is 2.12. The van der Waals surface area contributed by atoms with Gasteiger partial charge in [-0.2, -0.15) is 0 Å². The third kappa shape index (κ3) is 5.85. The van der Waals surface area contributed by atoms with E-state index in [1.54, 1.807) is 0 Å². The smallest absolute Gasteiger partial charge is 0.0814 e. The summed E-state index contributed by atoms with van der Waals surface area (Å²) in [5, 5.41) is 19.3. The van der Waals surface area contributed by atoms with Gasteiger partial charge in [-0.3, -0.25) is 0 Å². The van der Waals surface area contributed by atoms with Crippen molar-refractivity contribution in [3.63, 3.8) is 0 Å². The van der Waals surface area contributed by atoms with E-state index in [1.165, 1.54) is 7.05 Å². The van der Waals surface area contributed by atoms with Gasteiger partial charge in [0.15, 0.2) is 0 Å². The molecule has 2 unspecified atom stereocenters. The van der Waals surface area contributed by atoms with Gasteiger partial charge in [0.1, 0.15) is 0 Å². The molecule has 0 heterocycles. The van der Waals surface area contributed by atoms with Crippen LogP contribution in [0.5, 0.6) is 0 Å². The molecule has 3 nitrogen and oxygen atoms in total. The maximum atomic E-state index is 9.76. The molecule has 0 spiro atoms. The number of hydrogen-bond donors (Lipinski definition) is 3. The van der Waals surface area contributed by atoms with Crippen LogP contribution in [-0.4, -0.2) is 23.4 Å². The number of rotatable bonds is 5. The van der Waals surface area contributed by atoms with E-state index in [0.29, 0.717) is 6.42 Å². The van der Waals surface area contributed by atoms with Gasteiger partial charge in [0.25, 0.3) is 0 Å². The highest BCUT2D eigenvalue weighted by atomic mass is 16.3. The van der Waals surface area contributed by atoms with Crippen molar-refractivity contribution in [1.82, 2.24) is 0 Å². The van der Waals surface area contributed by atoms with Crippen LogP contribution >= 0.6 is 0 Å². The van der Waals surface area contributed by atoms with Gasteiger partial charge in [0.05, 0.1) is 12.2 Å². The Bertz CT molecular complexity index is 251. The van der Waals surface area contributed by atoms with Crippen LogP contribution < -0.4 is 5.73 Å². The normalized spacial score (nSPS) is 13.6. The van der Waals surface area contributed by atoms with E-state index in [4.69, 9.17) is 0 Å². The van der Waals surface area contributed by atoms with E-state index in [9.17, 15) is 10.2 Å². The molecule has 0 amide bonds. The van der Waals surface area contributed by atoms with Crippen molar-refractivity contribution in [2.24, 2.45) is 5.73 Å². The molecule has 1 aromatic rings. The first kappa shape index (κ1) is 15.1. The lowest BCUT2D eigenvalue weighted by molar-refractivity contribution is 0.0751. The zero-order valence-electron chi connectivity index (χ0n) is 10.1. The number of benzene rings is 1. The number of aliphatic hydroxyl groups excluding tert-OH is 2. The van der Waals surface area contributed by atoms with Gasteiger partial charge in [-0.25, -0.2) is 0 Å².